The molecule has 168 valence electrons. The van der Waals surface area contributed by atoms with Gasteiger partial charge in [-0.05, 0) is 41.3 Å². The zero-order valence-corrected chi connectivity index (χ0v) is 18.8. The van der Waals surface area contributed by atoms with Crippen LogP contribution in [0.2, 0.25) is 0 Å². The van der Waals surface area contributed by atoms with E-state index in [0.29, 0.717) is 23.0 Å². The second-order valence-electron chi connectivity index (χ2n) is 9.30. The molecule has 0 aliphatic carbocycles. The Morgan fingerprint density at radius 1 is 1.18 bits per heavy atom. The minimum atomic E-state index is -0.335. The zero-order valence-electron chi connectivity index (χ0n) is 18.8. The summed E-state index contributed by atoms with van der Waals surface area (Å²) < 4.78 is 13.4. The molecule has 3 aliphatic heterocycles. The van der Waals surface area contributed by atoms with Crippen molar-refractivity contribution in [3.8, 4) is 11.5 Å². The number of fused-ring (bicyclic) bond motifs is 1. The molecular formula is C26H25N3O4. The van der Waals surface area contributed by atoms with Gasteiger partial charge in [-0.15, -0.1) is 0 Å². The highest BCUT2D eigenvalue weighted by Gasteiger charge is 2.42. The molecule has 3 aromatic rings. The molecule has 1 N–H and O–H groups in total. The van der Waals surface area contributed by atoms with Gasteiger partial charge in [0.2, 0.25) is 12.7 Å². The molecule has 0 saturated heterocycles. The number of hydrogen-bond acceptors (Lipinski definition) is 5. The van der Waals surface area contributed by atoms with Crippen LogP contribution in [0.25, 0.3) is 10.9 Å². The van der Waals surface area contributed by atoms with Crippen molar-refractivity contribution in [2.24, 2.45) is 5.92 Å². The van der Waals surface area contributed by atoms with Gasteiger partial charge in [0.05, 0.1) is 17.6 Å². The van der Waals surface area contributed by atoms with E-state index in [-0.39, 0.29) is 31.1 Å². The van der Waals surface area contributed by atoms with Crippen LogP contribution < -0.4 is 14.8 Å². The van der Waals surface area contributed by atoms with E-state index in [9.17, 15) is 9.59 Å². The summed E-state index contributed by atoms with van der Waals surface area (Å²) in [4.78, 5) is 27.1. The maximum Gasteiger partial charge on any atom is 0.259 e. The first-order valence-corrected chi connectivity index (χ1v) is 11.3. The lowest BCUT2D eigenvalue weighted by Crippen LogP contribution is -2.33. The third-order valence-corrected chi connectivity index (χ3v) is 6.61. The first-order valence-electron chi connectivity index (χ1n) is 11.3. The Labute approximate surface area is 191 Å². The van der Waals surface area contributed by atoms with Crippen LogP contribution in [-0.4, -0.2) is 34.6 Å². The molecule has 1 atom stereocenters. The normalized spacial score (nSPS) is 18.7. The predicted octanol–water partition coefficient (Wildman–Crippen LogP) is 4.23. The summed E-state index contributed by atoms with van der Waals surface area (Å²) in [6.07, 6.45) is 2.17. The summed E-state index contributed by atoms with van der Waals surface area (Å²) in [6.45, 7) is 7.13. The van der Waals surface area contributed by atoms with Crippen molar-refractivity contribution in [2.45, 2.75) is 33.2 Å². The lowest BCUT2D eigenvalue weighted by Gasteiger charge is -2.19. The van der Waals surface area contributed by atoms with Gasteiger partial charge in [0, 0.05) is 42.4 Å². The SMILES string of the molecule is CC(=O)N1CC2=C(C1=O)[C@@H](c1ccc3c(c1)OCO3)c1cn(CC(C)C)c3cccc(c13)N2. The van der Waals surface area contributed by atoms with E-state index in [1.54, 1.807) is 0 Å². The molecule has 0 fully saturated rings. The van der Waals surface area contributed by atoms with Crippen molar-refractivity contribution in [1.82, 2.24) is 9.47 Å². The molecule has 3 aliphatic rings. The molecule has 33 heavy (non-hydrogen) atoms. The minimum Gasteiger partial charge on any atom is -0.454 e. The van der Waals surface area contributed by atoms with Crippen molar-refractivity contribution < 1.29 is 19.1 Å². The lowest BCUT2D eigenvalue weighted by molar-refractivity contribution is -0.139. The average Bonchev–Trinajstić information content (AvgIpc) is 3.44. The number of anilines is 1. The van der Waals surface area contributed by atoms with Crippen molar-refractivity contribution >= 4 is 28.4 Å². The number of ether oxygens (including phenoxy) is 2. The molecule has 2 aromatic carbocycles. The Balaban J connectivity index is 1.62. The molecule has 7 nitrogen and oxygen atoms in total. The Morgan fingerprint density at radius 2 is 2.00 bits per heavy atom. The Kier molecular flexibility index (Phi) is 4.30. The highest BCUT2D eigenvalue weighted by molar-refractivity contribution is 6.11. The number of nitrogens with zero attached hydrogens (tertiary/aromatic N) is 2. The van der Waals surface area contributed by atoms with E-state index in [1.807, 2.05) is 30.3 Å². The summed E-state index contributed by atoms with van der Waals surface area (Å²) in [5, 5.41) is 4.62. The fourth-order valence-corrected chi connectivity index (χ4v) is 5.26. The quantitative estimate of drug-likeness (QED) is 0.656. The highest BCUT2D eigenvalue weighted by Crippen LogP contribution is 2.48. The van der Waals surface area contributed by atoms with E-state index >= 15 is 0 Å². The molecule has 0 saturated carbocycles. The number of benzene rings is 2. The average molecular weight is 444 g/mol. The topological polar surface area (TPSA) is 72.8 Å². The van der Waals surface area contributed by atoms with Gasteiger partial charge in [0.25, 0.3) is 5.91 Å². The Hall–Kier alpha value is -3.74. The number of rotatable bonds is 3. The van der Waals surface area contributed by atoms with E-state index in [4.69, 9.17) is 9.47 Å². The van der Waals surface area contributed by atoms with Gasteiger partial charge < -0.3 is 19.4 Å². The second-order valence-corrected chi connectivity index (χ2v) is 9.30. The number of carbonyl (C=O) groups excluding carboxylic acids is 2. The zero-order chi connectivity index (χ0) is 22.9. The molecular weight excluding hydrogens is 418 g/mol. The van der Waals surface area contributed by atoms with Crippen LogP contribution in [0.1, 0.15) is 37.8 Å². The Bertz CT molecular complexity index is 1370. The minimum absolute atomic E-state index is 0.188. The van der Waals surface area contributed by atoms with Crippen LogP contribution in [0.3, 0.4) is 0 Å². The molecule has 0 unspecified atom stereocenters. The van der Waals surface area contributed by atoms with Gasteiger partial charge in [0.15, 0.2) is 11.5 Å². The van der Waals surface area contributed by atoms with E-state index in [1.165, 1.54) is 11.8 Å². The van der Waals surface area contributed by atoms with Crippen LogP contribution in [0.15, 0.2) is 53.9 Å². The monoisotopic (exact) mass is 443 g/mol. The van der Waals surface area contributed by atoms with Gasteiger partial charge in [-0.3, -0.25) is 14.5 Å². The maximum atomic E-state index is 13.6. The first kappa shape index (κ1) is 19.9. The predicted molar refractivity (Wildman–Crippen MR) is 124 cm³/mol. The van der Waals surface area contributed by atoms with Crippen molar-refractivity contribution in [2.75, 3.05) is 18.7 Å². The summed E-state index contributed by atoms with van der Waals surface area (Å²) in [6, 6.07) is 12.0. The molecule has 0 radical (unpaired) electrons. The fraction of sp³-hybridized carbons (Fsp3) is 0.308. The third kappa shape index (κ3) is 2.95. The smallest absolute Gasteiger partial charge is 0.259 e. The van der Waals surface area contributed by atoms with Crippen molar-refractivity contribution in [1.29, 1.82) is 0 Å². The molecule has 6 rings (SSSR count). The first-order chi connectivity index (χ1) is 15.9. The number of aromatic nitrogens is 1. The van der Waals surface area contributed by atoms with E-state index in [0.717, 1.165) is 40.0 Å². The van der Waals surface area contributed by atoms with Gasteiger partial charge in [0.1, 0.15) is 0 Å². The molecule has 2 amide bonds. The third-order valence-electron chi connectivity index (χ3n) is 6.61. The molecule has 0 spiro atoms. The molecule has 0 bridgehead atoms. The summed E-state index contributed by atoms with van der Waals surface area (Å²) in [5.74, 6) is 1.00. The number of nitrogens with one attached hydrogen (secondary N) is 1. The van der Waals surface area contributed by atoms with Gasteiger partial charge in [-0.1, -0.05) is 26.0 Å². The highest BCUT2D eigenvalue weighted by atomic mass is 16.7. The standard InChI is InChI=1S/C26H25N3O4/c1-14(2)10-28-11-17-23(16-7-8-21-22(9-16)33-13-32-21)25-19(12-29(15(3)30)26(25)31)27-18-5-4-6-20(28)24(17)18/h4-9,11,14,23,27H,10,12-13H2,1-3H3/t23-/m0/s1. The molecule has 7 heteroatoms. The molecule has 1 aromatic heterocycles. The number of amides is 2. The maximum absolute atomic E-state index is 13.6. The van der Waals surface area contributed by atoms with Gasteiger partial charge in [-0.25, -0.2) is 0 Å². The lowest BCUT2D eigenvalue weighted by atomic mass is 9.84. The van der Waals surface area contributed by atoms with Crippen LogP contribution in [0.5, 0.6) is 11.5 Å². The van der Waals surface area contributed by atoms with Crippen LogP contribution >= 0.6 is 0 Å². The van der Waals surface area contributed by atoms with Crippen molar-refractivity contribution in [3.63, 3.8) is 0 Å². The largest absolute Gasteiger partial charge is 0.454 e. The van der Waals surface area contributed by atoms with Crippen molar-refractivity contribution in [3.05, 3.63) is 65.0 Å². The molecule has 4 heterocycles. The van der Waals surface area contributed by atoms with Crippen LogP contribution in [0, 0.1) is 5.92 Å². The van der Waals surface area contributed by atoms with Crippen LogP contribution in [0.4, 0.5) is 5.69 Å². The number of hydrogen-bond donors (Lipinski definition) is 1. The Morgan fingerprint density at radius 3 is 2.79 bits per heavy atom. The van der Waals surface area contributed by atoms with Gasteiger partial charge in [-0.2, -0.15) is 0 Å². The van der Waals surface area contributed by atoms with E-state index in [2.05, 4.69) is 36.0 Å². The summed E-state index contributed by atoms with van der Waals surface area (Å²) in [5.41, 5.74) is 5.47. The van der Waals surface area contributed by atoms with Gasteiger partial charge >= 0.3 is 0 Å². The van der Waals surface area contributed by atoms with Crippen LogP contribution in [-0.2, 0) is 16.1 Å². The number of imide groups is 1. The second kappa shape index (κ2) is 7.13. The fourth-order valence-electron chi connectivity index (χ4n) is 5.26. The van der Waals surface area contributed by atoms with E-state index < -0.39 is 0 Å². The summed E-state index contributed by atoms with van der Waals surface area (Å²) >= 11 is 0. The summed E-state index contributed by atoms with van der Waals surface area (Å²) in [7, 11) is 0. The number of carbonyl (C=O) groups is 2.